The van der Waals surface area contributed by atoms with Crippen LogP contribution in [-0.4, -0.2) is 23.9 Å². The van der Waals surface area contributed by atoms with Gasteiger partial charge in [0, 0.05) is 19.6 Å². The van der Waals surface area contributed by atoms with Gasteiger partial charge in [0.1, 0.15) is 0 Å². The predicted octanol–water partition coefficient (Wildman–Crippen LogP) is 2.34. The first-order chi connectivity index (χ1) is 9.22. The van der Waals surface area contributed by atoms with Gasteiger partial charge in [-0.1, -0.05) is 31.2 Å². The lowest BCUT2D eigenvalue weighted by molar-refractivity contribution is -0.130. The molecule has 0 aromatic heterocycles. The summed E-state index contributed by atoms with van der Waals surface area (Å²) < 4.78 is 0. The highest BCUT2D eigenvalue weighted by Gasteiger charge is 2.26. The Labute approximate surface area is 115 Å². The second-order valence-electron chi connectivity index (χ2n) is 5.48. The Balaban J connectivity index is 1.92. The maximum Gasteiger partial charge on any atom is 0.226 e. The molecule has 1 aromatic carbocycles. The van der Waals surface area contributed by atoms with Crippen LogP contribution in [0, 0.1) is 5.92 Å². The van der Waals surface area contributed by atoms with Gasteiger partial charge in [0.05, 0.1) is 6.42 Å². The number of nitrogens with two attached hydrogens (primary N) is 1. The van der Waals surface area contributed by atoms with Crippen LogP contribution >= 0.6 is 0 Å². The number of rotatable bonds is 7. The smallest absolute Gasteiger partial charge is 0.226 e. The van der Waals surface area contributed by atoms with Crippen molar-refractivity contribution in [2.45, 2.75) is 39.2 Å². The maximum atomic E-state index is 12.3. The second-order valence-corrected chi connectivity index (χ2v) is 5.48. The van der Waals surface area contributed by atoms with Crippen LogP contribution in [0.1, 0.15) is 37.3 Å². The Bertz CT molecular complexity index is 409. The number of hydrogen-bond donors (Lipinski definition) is 1. The number of carbonyl (C=O) groups is 1. The van der Waals surface area contributed by atoms with E-state index in [1.807, 2.05) is 29.2 Å². The highest BCUT2D eigenvalue weighted by molar-refractivity contribution is 5.78. The van der Waals surface area contributed by atoms with E-state index in [0.29, 0.717) is 13.0 Å². The lowest BCUT2D eigenvalue weighted by Crippen LogP contribution is -2.34. The number of amides is 1. The summed E-state index contributed by atoms with van der Waals surface area (Å²) in [6.07, 6.45) is 4.12. The van der Waals surface area contributed by atoms with Gasteiger partial charge in [-0.2, -0.15) is 0 Å². The summed E-state index contributed by atoms with van der Waals surface area (Å²) in [6.45, 7) is 4.52. The van der Waals surface area contributed by atoms with Crippen molar-refractivity contribution in [1.82, 2.24) is 4.90 Å². The Morgan fingerprint density at radius 3 is 2.42 bits per heavy atom. The zero-order chi connectivity index (χ0) is 13.7. The van der Waals surface area contributed by atoms with Crippen LogP contribution in [0.25, 0.3) is 0 Å². The Morgan fingerprint density at radius 2 is 1.89 bits per heavy atom. The first kappa shape index (κ1) is 14.1. The summed E-state index contributed by atoms with van der Waals surface area (Å²) in [6, 6.07) is 8.05. The van der Waals surface area contributed by atoms with E-state index in [-0.39, 0.29) is 5.91 Å². The summed E-state index contributed by atoms with van der Waals surface area (Å²) in [7, 11) is 0. The quantitative estimate of drug-likeness (QED) is 0.818. The van der Waals surface area contributed by atoms with Crippen molar-refractivity contribution in [3.05, 3.63) is 35.4 Å². The van der Waals surface area contributed by atoms with Gasteiger partial charge in [0.2, 0.25) is 5.91 Å². The van der Waals surface area contributed by atoms with Crippen LogP contribution in [-0.2, 0) is 17.8 Å². The molecule has 1 aliphatic rings. The number of nitrogens with zero attached hydrogens (tertiary/aromatic N) is 1. The summed E-state index contributed by atoms with van der Waals surface area (Å²) in [5, 5.41) is 0. The minimum atomic E-state index is 0.259. The molecular formula is C16H24N2O. The predicted molar refractivity (Wildman–Crippen MR) is 77.6 cm³/mol. The molecule has 0 radical (unpaired) electrons. The molecule has 2 N–H and O–H groups in total. The third-order valence-electron chi connectivity index (χ3n) is 3.64. The van der Waals surface area contributed by atoms with Gasteiger partial charge >= 0.3 is 0 Å². The summed E-state index contributed by atoms with van der Waals surface area (Å²) in [5.74, 6) is 1.02. The van der Waals surface area contributed by atoms with Crippen LogP contribution in [0.15, 0.2) is 24.3 Å². The van der Waals surface area contributed by atoms with E-state index in [4.69, 9.17) is 5.73 Å². The van der Waals surface area contributed by atoms with Crippen molar-refractivity contribution in [1.29, 1.82) is 0 Å². The van der Waals surface area contributed by atoms with Crippen LogP contribution < -0.4 is 5.73 Å². The summed E-state index contributed by atoms with van der Waals surface area (Å²) in [4.78, 5) is 14.4. The molecule has 3 nitrogen and oxygen atoms in total. The largest absolute Gasteiger partial charge is 0.342 e. The van der Waals surface area contributed by atoms with E-state index in [1.54, 1.807) is 0 Å². The lowest BCUT2D eigenvalue weighted by Gasteiger charge is -2.22. The Hall–Kier alpha value is -1.35. The molecule has 1 aliphatic carbocycles. The van der Waals surface area contributed by atoms with Crippen molar-refractivity contribution in [3.63, 3.8) is 0 Å². The molecule has 19 heavy (non-hydrogen) atoms. The van der Waals surface area contributed by atoms with Crippen molar-refractivity contribution < 1.29 is 4.79 Å². The lowest BCUT2D eigenvalue weighted by atomic mass is 10.1. The second kappa shape index (κ2) is 6.71. The molecule has 0 heterocycles. The van der Waals surface area contributed by atoms with E-state index in [9.17, 15) is 4.79 Å². The zero-order valence-corrected chi connectivity index (χ0v) is 11.8. The number of hydrogen-bond acceptors (Lipinski definition) is 2. The van der Waals surface area contributed by atoms with Crippen molar-refractivity contribution in [3.8, 4) is 0 Å². The van der Waals surface area contributed by atoms with Crippen LogP contribution in [0.4, 0.5) is 0 Å². The van der Waals surface area contributed by atoms with Gasteiger partial charge in [-0.3, -0.25) is 4.79 Å². The number of benzene rings is 1. The monoisotopic (exact) mass is 260 g/mol. The van der Waals surface area contributed by atoms with Crippen LogP contribution in [0.5, 0.6) is 0 Å². The molecule has 1 aromatic rings. The van der Waals surface area contributed by atoms with E-state index in [0.717, 1.165) is 36.6 Å². The van der Waals surface area contributed by atoms with Gasteiger partial charge in [0.25, 0.3) is 0 Å². The topological polar surface area (TPSA) is 46.3 Å². The normalized spacial score (nSPS) is 14.4. The van der Waals surface area contributed by atoms with Crippen LogP contribution in [0.3, 0.4) is 0 Å². The molecule has 1 saturated carbocycles. The molecule has 1 amide bonds. The molecule has 0 spiro atoms. The highest BCUT2D eigenvalue weighted by Crippen LogP contribution is 2.29. The fourth-order valence-corrected chi connectivity index (χ4v) is 2.28. The van der Waals surface area contributed by atoms with E-state index in [2.05, 4.69) is 6.92 Å². The van der Waals surface area contributed by atoms with Gasteiger partial charge in [-0.05, 0) is 36.3 Å². The van der Waals surface area contributed by atoms with Gasteiger partial charge in [-0.15, -0.1) is 0 Å². The van der Waals surface area contributed by atoms with E-state index < -0.39 is 0 Å². The SMILES string of the molecule is CCCN(CC1CC1)C(=O)Cc1ccc(CN)cc1. The summed E-state index contributed by atoms with van der Waals surface area (Å²) >= 11 is 0. The molecule has 0 atom stereocenters. The average Bonchev–Trinajstić information content (AvgIpc) is 3.23. The average molecular weight is 260 g/mol. The first-order valence-electron chi connectivity index (χ1n) is 7.28. The van der Waals surface area contributed by atoms with Crippen molar-refractivity contribution in [2.24, 2.45) is 11.7 Å². The molecule has 1 fully saturated rings. The maximum absolute atomic E-state index is 12.3. The number of carbonyl (C=O) groups excluding carboxylic acids is 1. The first-order valence-corrected chi connectivity index (χ1v) is 7.28. The van der Waals surface area contributed by atoms with Crippen molar-refractivity contribution in [2.75, 3.05) is 13.1 Å². The van der Waals surface area contributed by atoms with Gasteiger partial charge in [0.15, 0.2) is 0 Å². The fourth-order valence-electron chi connectivity index (χ4n) is 2.28. The third-order valence-corrected chi connectivity index (χ3v) is 3.64. The molecule has 104 valence electrons. The van der Waals surface area contributed by atoms with Crippen LogP contribution in [0.2, 0.25) is 0 Å². The molecule has 0 aliphatic heterocycles. The highest BCUT2D eigenvalue weighted by atomic mass is 16.2. The Morgan fingerprint density at radius 1 is 1.26 bits per heavy atom. The standard InChI is InChI=1S/C16H24N2O/c1-2-9-18(12-15-7-8-15)16(19)10-13-3-5-14(11-17)6-4-13/h3-6,15H,2,7-12,17H2,1H3. The van der Waals surface area contributed by atoms with Gasteiger partial charge < -0.3 is 10.6 Å². The zero-order valence-electron chi connectivity index (χ0n) is 11.8. The fraction of sp³-hybridized carbons (Fsp3) is 0.562. The van der Waals surface area contributed by atoms with E-state index in [1.165, 1.54) is 12.8 Å². The van der Waals surface area contributed by atoms with Crippen molar-refractivity contribution >= 4 is 5.91 Å². The molecule has 0 unspecified atom stereocenters. The van der Waals surface area contributed by atoms with Gasteiger partial charge in [-0.25, -0.2) is 0 Å². The minimum absolute atomic E-state index is 0.259. The molecule has 3 heteroatoms. The Kier molecular flexibility index (Phi) is 4.97. The minimum Gasteiger partial charge on any atom is -0.342 e. The molecule has 0 bridgehead atoms. The molecule has 0 saturated heterocycles. The molecular weight excluding hydrogens is 236 g/mol. The summed E-state index contributed by atoms with van der Waals surface area (Å²) in [5.41, 5.74) is 7.77. The molecule has 2 rings (SSSR count). The van der Waals surface area contributed by atoms with E-state index >= 15 is 0 Å². The third kappa shape index (κ3) is 4.35.